The minimum Gasteiger partial charge on any atom is -0.484 e. The van der Waals surface area contributed by atoms with Crippen LogP contribution in [-0.2, 0) is 4.79 Å². The minimum atomic E-state index is -0.395. The number of aliphatic hydroxyl groups excluding tert-OH is 1. The molecule has 2 N–H and O–H groups in total. The molecule has 94 valence electrons. The van der Waals surface area contributed by atoms with E-state index < -0.39 is 6.10 Å². The summed E-state index contributed by atoms with van der Waals surface area (Å²) < 4.78 is 5.33. The molecule has 1 amide bonds. The van der Waals surface area contributed by atoms with E-state index in [1.54, 1.807) is 6.92 Å². The minimum absolute atomic E-state index is 0.00324. The van der Waals surface area contributed by atoms with Gasteiger partial charge in [-0.25, -0.2) is 0 Å². The van der Waals surface area contributed by atoms with Gasteiger partial charge < -0.3 is 15.2 Å². The zero-order valence-electron chi connectivity index (χ0n) is 10.3. The lowest BCUT2D eigenvalue weighted by Crippen LogP contribution is -2.31. The number of rotatable bonds is 6. The summed E-state index contributed by atoms with van der Waals surface area (Å²) in [5, 5.41) is 11.7. The van der Waals surface area contributed by atoms with Crippen LogP contribution < -0.4 is 10.1 Å². The van der Waals surface area contributed by atoms with Crippen molar-refractivity contribution in [3.63, 3.8) is 0 Å². The summed E-state index contributed by atoms with van der Waals surface area (Å²) in [6.07, 6.45) is 0.156. The number of hydrogen-bond donors (Lipinski definition) is 2. The lowest BCUT2D eigenvalue weighted by molar-refractivity contribution is -0.123. The normalized spacial score (nSPS) is 11.9. The van der Waals surface area contributed by atoms with Crippen molar-refractivity contribution in [3.05, 3.63) is 29.8 Å². The fourth-order valence-electron chi connectivity index (χ4n) is 1.33. The highest BCUT2D eigenvalue weighted by Crippen LogP contribution is 2.11. The zero-order valence-corrected chi connectivity index (χ0v) is 10.3. The van der Waals surface area contributed by atoms with Gasteiger partial charge in [0, 0.05) is 6.54 Å². The van der Waals surface area contributed by atoms with Crippen LogP contribution in [0, 0.1) is 6.92 Å². The van der Waals surface area contributed by atoms with Crippen LogP contribution in [0.15, 0.2) is 24.3 Å². The number of amides is 1. The fourth-order valence-corrected chi connectivity index (χ4v) is 1.33. The van der Waals surface area contributed by atoms with Crippen LogP contribution >= 0.6 is 0 Å². The molecule has 4 nitrogen and oxygen atoms in total. The Bertz CT molecular complexity index is 363. The Morgan fingerprint density at radius 2 is 2.29 bits per heavy atom. The number of carbonyl (C=O) groups is 1. The molecule has 0 aliphatic heterocycles. The number of aliphatic hydroxyl groups is 1. The second-order valence-electron chi connectivity index (χ2n) is 4.09. The van der Waals surface area contributed by atoms with Gasteiger partial charge in [0.2, 0.25) is 0 Å². The molecule has 0 spiro atoms. The van der Waals surface area contributed by atoms with Crippen molar-refractivity contribution in [2.24, 2.45) is 0 Å². The van der Waals surface area contributed by atoms with Gasteiger partial charge in [0.05, 0.1) is 6.10 Å². The quantitative estimate of drug-likeness (QED) is 0.783. The highest BCUT2D eigenvalue weighted by Gasteiger charge is 2.03. The predicted octanol–water partition coefficient (Wildman–Crippen LogP) is 1.26. The Morgan fingerprint density at radius 3 is 2.94 bits per heavy atom. The topological polar surface area (TPSA) is 58.6 Å². The van der Waals surface area contributed by atoms with Gasteiger partial charge in [-0.15, -0.1) is 0 Å². The number of benzene rings is 1. The number of nitrogens with one attached hydrogen (secondary N) is 1. The summed E-state index contributed by atoms with van der Waals surface area (Å²) in [4.78, 5) is 11.4. The monoisotopic (exact) mass is 237 g/mol. The maximum Gasteiger partial charge on any atom is 0.257 e. The van der Waals surface area contributed by atoms with Gasteiger partial charge in [-0.1, -0.05) is 12.1 Å². The summed E-state index contributed by atoms with van der Waals surface area (Å²) in [6, 6.07) is 7.55. The highest BCUT2D eigenvalue weighted by atomic mass is 16.5. The van der Waals surface area contributed by atoms with Gasteiger partial charge in [0.25, 0.3) is 5.91 Å². The molecular formula is C13H19NO3. The van der Waals surface area contributed by atoms with Crippen molar-refractivity contribution in [1.29, 1.82) is 0 Å². The molecule has 1 aromatic carbocycles. The molecule has 0 aliphatic rings. The number of carbonyl (C=O) groups excluding carboxylic acids is 1. The first-order valence-corrected chi connectivity index (χ1v) is 5.72. The Labute approximate surface area is 102 Å². The average Bonchev–Trinajstić information content (AvgIpc) is 2.26. The van der Waals surface area contributed by atoms with Gasteiger partial charge in [0.15, 0.2) is 6.61 Å². The molecule has 1 rings (SSSR count). The fraction of sp³-hybridized carbons (Fsp3) is 0.462. The summed E-state index contributed by atoms with van der Waals surface area (Å²) in [5.41, 5.74) is 1.09. The van der Waals surface area contributed by atoms with Gasteiger partial charge in [-0.3, -0.25) is 4.79 Å². The Hall–Kier alpha value is -1.55. The van der Waals surface area contributed by atoms with Crippen LogP contribution in [0.1, 0.15) is 18.9 Å². The van der Waals surface area contributed by atoms with Gasteiger partial charge in [-0.2, -0.15) is 0 Å². The van der Waals surface area contributed by atoms with E-state index in [1.165, 1.54) is 0 Å². The van der Waals surface area contributed by atoms with Crippen molar-refractivity contribution in [1.82, 2.24) is 5.32 Å². The maximum absolute atomic E-state index is 11.4. The first-order chi connectivity index (χ1) is 8.08. The highest BCUT2D eigenvalue weighted by molar-refractivity contribution is 5.77. The maximum atomic E-state index is 11.4. The molecule has 0 aromatic heterocycles. The van der Waals surface area contributed by atoms with Crippen molar-refractivity contribution in [3.8, 4) is 5.75 Å². The number of hydrogen-bond acceptors (Lipinski definition) is 3. The molecule has 1 unspecified atom stereocenters. The first-order valence-electron chi connectivity index (χ1n) is 5.72. The van der Waals surface area contributed by atoms with Crippen LogP contribution in [0.25, 0.3) is 0 Å². The first kappa shape index (κ1) is 13.5. The number of aryl methyl sites for hydroxylation is 1. The van der Waals surface area contributed by atoms with E-state index in [9.17, 15) is 4.79 Å². The van der Waals surface area contributed by atoms with E-state index in [4.69, 9.17) is 9.84 Å². The molecule has 0 saturated carbocycles. The second kappa shape index (κ2) is 6.91. The average molecular weight is 237 g/mol. The van der Waals surface area contributed by atoms with E-state index in [1.807, 2.05) is 31.2 Å². The van der Waals surface area contributed by atoms with Crippen LogP contribution in [0.4, 0.5) is 0 Å². The van der Waals surface area contributed by atoms with E-state index in [0.29, 0.717) is 18.7 Å². The Balaban J connectivity index is 2.24. The summed E-state index contributed by atoms with van der Waals surface area (Å²) >= 11 is 0. The second-order valence-corrected chi connectivity index (χ2v) is 4.09. The van der Waals surface area contributed by atoms with E-state index in [-0.39, 0.29) is 12.5 Å². The molecule has 0 radical (unpaired) electrons. The van der Waals surface area contributed by atoms with Crippen molar-refractivity contribution >= 4 is 5.91 Å². The largest absolute Gasteiger partial charge is 0.484 e. The molecule has 0 bridgehead atoms. The lowest BCUT2D eigenvalue weighted by atomic mass is 10.2. The van der Waals surface area contributed by atoms with Crippen molar-refractivity contribution < 1.29 is 14.6 Å². The molecule has 0 heterocycles. The third-order valence-corrected chi connectivity index (χ3v) is 2.24. The Morgan fingerprint density at radius 1 is 1.53 bits per heavy atom. The molecule has 1 aromatic rings. The standard InChI is InChI=1S/C13H19NO3/c1-10-4-3-5-12(8-10)17-9-13(16)14-7-6-11(2)15/h3-5,8,11,15H,6-7,9H2,1-2H3,(H,14,16). The van der Waals surface area contributed by atoms with Gasteiger partial charge in [0.1, 0.15) is 5.75 Å². The smallest absolute Gasteiger partial charge is 0.257 e. The zero-order chi connectivity index (χ0) is 12.7. The molecule has 1 atom stereocenters. The van der Waals surface area contributed by atoms with Crippen LogP contribution in [0.5, 0.6) is 5.75 Å². The Kier molecular flexibility index (Phi) is 5.49. The van der Waals surface area contributed by atoms with Gasteiger partial charge in [-0.05, 0) is 38.0 Å². The third-order valence-electron chi connectivity index (χ3n) is 2.24. The SMILES string of the molecule is Cc1cccc(OCC(=O)NCCC(C)O)c1. The van der Waals surface area contributed by atoms with Crippen LogP contribution in [0.2, 0.25) is 0 Å². The van der Waals surface area contributed by atoms with Crippen LogP contribution in [-0.4, -0.2) is 30.3 Å². The lowest BCUT2D eigenvalue weighted by Gasteiger charge is -2.08. The van der Waals surface area contributed by atoms with E-state index >= 15 is 0 Å². The molecule has 4 heteroatoms. The third kappa shape index (κ3) is 5.92. The molecule has 0 saturated heterocycles. The van der Waals surface area contributed by atoms with Crippen molar-refractivity contribution in [2.75, 3.05) is 13.2 Å². The van der Waals surface area contributed by atoms with Crippen molar-refractivity contribution in [2.45, 2.75) is 26.4 Å². The van der Waals surface area contributed by atoms with E-state index in [0.717, 1.165) is 5.56 Å². The number of ether oxygens (including phenoxy) is 1. The van der Waals surface area contributed by atoms with E-state index in [2.05, 4.69) is 5.32 Å². The summed E-state index contributed by atoms with van der Waals surface area (Å²) in [7, 11) is 0. The predicted molar refractivity (Wildman–Crippen MR) is 66.0 cm³/mol. The molecule has 0 aliphatic carbocycles. The summed E-state index contributed by atoms with van der Waals surface area (Å²) in [5.74, 6) is 0.517. The molecule has 0 fully saturated rings. The summed E-state index contributed by atoms with van der Waals surface area (Å²) in [6.45, 7) is 4.13. The molecular weight excluding hydrogens is 218 g/mol. The van der Waals surface area contributed by atoms with Gasteiger partial charge >= 0.3 is 0 Å². The molecule has 17 heavy (non-hydrogen) atoms. The van der Waals surface area contributed by atoms with Crippen LogP contribution in [0.3, 0.4) is 0 Å².